The smallest absolute Gasteiger partial charge is 0.321 e. The van der Waals surface area contributed by atoms with Crippen LogP contribution in [0.25, 0.3) is 10.9 Å². The highest BCUT2D eigenvalue weighted by Gasteiger charge is 2.35. The number of hydrogen-bond donors (Lipinski definition) is 12. The SMILES string of the molecule is CC(C)C[C@@H](CN1CSCC1C(=O)O)NC(=O)[C@H](Cc1cnc[nH]1)NC(=O)CNC(=O)[C@@H](NC(=O)[C@H](C)NC(=O)[C@H](Cc1c[nH]c2ccccc12)NC(=O)[C@H](CCC(N)=O)NC(=O)[C@H](N)Cc1ccccc1)C(C)C. The molecule has 4 aromatic rings. The van der Waals surface area contributed by atoms with E-state index in [1.54, 1.807) is 50.4 Å². The minimum absolute atomic E-state index is 0.0220. The molecule has 1 saturated heterocycles. The molecule has 8 amide bonds. The molecule has 14 N–H and O–H groups in total. The average molecular weight is 1060 g/mol. The number of carbonyl (C=O) groups is 9. The number of carboxylic acids is 1. The number of nitrogens with two attached hydrogens (primary N) is 2. The number of hydrogen-bond acceptors (Lipinski definition) is 13. The van der Waals surface area contributed by atoms with Crippen molar-refractivity contribution in [3.05, 3.63) is 90.1 Å². The fraction of sp³-hybridized carbons (Fsp3) is 0.490. The standard InChI is InChI=1S/C51H71N13O10S/c1-28(2)17-34(24-64-27-75-25-41(64)51(73)74)59-49(71)40(20-33-22-54-26-57-33)60-43(66)23-56-50(72)44(29(3)4)63-45(67)30(5)58-48(70)39(19-32-21-55-37-14-10-9-13-35(32)37)62-47(69)38(15-16-42(53)65)61-46(68)36(52)18-31-11-7-6-8-12-31/h6-14,21-22,26,28-30,34,36,38-41,44,55H,15-20,23-25,27,52H2,1-5H3,(H2,53,65)(H,54,57)(H,56,72)(H,58,70)(H,59,71)(H,60,66)(H,61,68)(H,62,69)(H,63,67)(H,73,74)/t30-,34-,36+,38-,39-,40-,41?,44-/m0/s1. The Bertz CT molecular complexity index is 2590. The predicted molar refractivity (Wildman–Crippen MR) is 281 cm³/mol. The summed E-state index contributed by atoms with van der Waals surface area (Å²) in [6.45, 7) is 8.40. The summed E-state index contributed by atoms with van der Waals surface area (Å²) in [7, 11) is 0. The number of rotatable bonds is 29. The van der Waals surface area contributed by atoms with Gasteiger partial charge in [0, 0.05) is 72.5 Å². The number of para-hydroxylation sites is 1. The van der Waals surface area contributed by atoms with Crippen molar-refractivity contribution in [2.45, 2.75) is 121 Å². The van der Waals surface area contributed by atoms with Gasteiger partial charge in [-0.15, -0.1) is 11.8 Å². The molecule has 0 spiro atoms. The third-order valence-electron chi connectivity index (χ3n) is 12.5. The van der Waals surface area contributed by atoms with E-state index in [9.17, 15) is 48.3 Å². The Morgan fingerprint density at radius 1 is 0.760 bits per heavy atom. The van der Waals surface area contributed by atoms with Gasteiger partial charge in [0.2, 0.25) is 47.3 Å². The summed E-state index contributed by atoms with van der Waals surface area (Å²) in [5.74, 6) is -6.14. The van der Waals surface area contributed by atoms with E-state index in [1.807, 2.05) is 43.0 Å². The number of aromatic amines is 2. The van der Waals surface area contributed by atoms with Crippen molar-refractivity contribution in [3.8, 4) is 0 Å². The number of carbonyl (C=O) groups excluding carboxylic acids is 8. The van der Waals surface area contributed by atoms with Crippen molar-refractivity contribution in [2.24, 2.45) is 23.3 Å². The first kappa shape index (κ1) is 58.6. The van der Waals surface area contributed by atoms with Gasteiger partial charge in [0.1, 0.15) is 36.3 Å². The van der Waals surface area contributed by atoms with Crippen molar-refractivity contribution in [3.63, 3.8) is 0 Å². The lowest BCUT2D eigenvalue weighted by atomic mass is 10.0. The van der Waals surface area contributed by atoms with Gasteiger partial charge in [-0.1, -0.05) is 76.2 Å². The van der Waals surface area contributed by atoms with Gasteiger partial charge < -0.3 is 63.8 Å². The number of nitrogens with zero attached hydrogens (tertiary/aromatic N) is 2. The monoisotopic (exact) mass is 1060 g/mol. The minimum Gasteiger partial charge on any atom is -0.480 e. The number of amides is 8. The highest BCUT2D eigenvalue weighted by molar-refractivity contribution is 7.99. The zero-order valence-electron chi connectivity index (χ0n) is 42.9. The van der Waals surface area contributed by atoms with Crippen LogP contribution in [0.3, 0.4) is 0 Å². The molecule has 406 valence electrons. The fourth-order valence-corrected chi connectivity index (χ4v) is 9.76. The Balaban J connectivity index is 1.23. The second kappa shape index (κ2) is 28.4. The third kappa shape index (κ3) is 18.2. The molecule has 1 aliphatic rings. The van der Waals surface area contributed by atoms with Crippen LogP contribution in [0.15, 0.2) is 73.3 Å². The summed E-state index contributed by atoms with van der Waals surface area (Å²) >= 11 is 1.49. The van der Waals surface area contributed by atoms with Gasteiger partial charge in [0.05, 0.1) is 18.9 Å². The number of H-pyrrole nitrogens is 2. The van der Waals surface area contributed by atoms with Crippen LogP contribution in [0, 0.1) is 11.8 Å². The molecule has 24 heteroatoms. The molecule has 0 aliphatic carbocycles. The topological polar surface area (TPSA) is 358 Å². The van der Waals surface area contributed by atoms with E-state index in [0.717, 1.165) is 16.5 Å². The number of primary amides is 1. The van der Waals surface area contributed by atoms with Gasteiger partial charge in [0.15, 0.2) is 0 Å². The van der Waals surface area contributed by atoms with E-state index >= 15 is 0 Å². The molecule has 0 bridgehead atoms. The van der Waals surface area contributed by atoms with E-state index in [0.29, 0.717) is 29.3 Å². The number of nitrogens with one attached hydrogen (secondary N) is 9. The van der Waals surface area contributed by atoms with Gasteiger partial charge in [-0.05, 0) is 55.2 Å². The summed E-state index contributed by atoms with van der Waals surface area (Å²) in [6.07, 6.45) is 4.78. The zero-order chi connectivity index (χ0) is 54.8. The molecule has 3 heterocycles. The molecular weight excluding hydrogens is 987 g/mol. The van der Waals surface area contributed by atoms with Gasteiger partial charge in [0.25, 0.3) is 0 Å². The average Bonchev–Trinajstić information content (AvgIpc) is 4.15. The van der Waals surface area contributed by atoms with E-state index in [4.69, 9.17) is 11.5 Å². The molecule has 0 radical (unpaired) electrons. The van der Waals surface area contributed by atoms with Gasteiger partial charge >= 0.3 is 5.97 Å². The lowest BCUT2D eigenvalue weighted by Gasteiger charge is -2.29. The molecule has 5 rings (SSSR count). The van der Waals surface area contributed by atoms with Crippen molar-refractivity contribution < 1.29 is 48.3 Å². The molecule has 23 nitrogen and oxygen atoms in total. The number of aromatic nitrogens is 3. The second-order valence-electron chi connectivity index (χ2n) is 19.5. The summed E-state index contributed by atoms with van der Waals surface area (Å²) in [6, 6.07) is 7.83. The summed E-state index contributed by atoms with van der Waals surface area (Å²) in [5, 5.41) is 29.3. The highest BCUT2D eigenvalue weighted by Crippen LogP contribution is 2.23. The largest absolute Gasteiger partial charge is 0.480 e. The van der Waals surface area contributed by atoms with E-state index in [2.05, 4.69) is 52.2 Å². The van der Waals surface area contributed by atoms with Crippen LogP contribution in [0.4, 0.5) is 0 Å². The Morgan fingerprint density at radius 2 is 1.43 bits per heavy atom. The number of fused-ring (bicyclic) bond motifs is 1. The summed E-state index contributed by atoms with van der Waals surface area (Å²) < 4.78 is 0. The Labute approximate surface area is 439 Å². The molecule has 1 fully saturated rings. The van der Waals surface area contributed by atoms with Crippen molar-refractivity contribution in [1.82, 2.24) is 57.1 Å². The first-order chi connectivity index (χ1) is 35.7. The second-order valence-corrected chi connectivity index (χ2v) is 20.5. The quantitative estimate of drug-likeness (QED) is 0.0333. The Hall–Kier alpha value is -7.31. The maximum Gasteiger partial charge on any atom is 0.321 e. The van der Waals surface area contributed by atoms with Gasteiger partial charge in [-0.3, -0.25) is 48.1 Å². The van der Waals surface area contributed by atoms with Crippen LogP contribution in [0.5, 0.6) is 0 Å². The van der Waals surface area contributed by atoms with E-state index in [-0.39, 0.29) is 44.6 Å². The molecule has 2 aromatic heterocycles. The van der Waals surface area contributed by atoms with Crippen LogP contribution in [-0.2, 0) is 62.4 Å². The summed E-state index contributed by atoms with van der Waals surface area (Å²) in [4.78, 5) is 132. The molecule has 2 aromatic carbocycles. The minimum atomic E-state index is -1.34. The number of aliphatic carboxylic acids is 1. The highest BCUT2D eigenvalue weighted by atomic mass is 32.2. The molecule has 75 heavy (non-hydrogen) atoms. The van der Waals surface area contributed by atoms with Crippen LogP contribution in [0.2, 0.25) is 0 Å². The molecule has 8 atom stereocenters. The summed E-state index contributed by atoms with van der Waals surface area (Å²) in [5.41, 5.74) is 14.4. The van der Waals surface area contributed by atoms with Crippen molar-refractivity contribution in [2.75, 3.05) is 24.7 Å². The first-order valence-electron chi connectivity index (χ1n) is 24.9. The zero-order valence-corrected chi connectivity index (χ0v) is 43.7. The Morgan fingerprint density at radius 3 is 2.09 bits per heavy atom. The van der Waals surface area contributed by atoms with Crippen LogP contribution in [-0.4, -0.2) is 151 Å². The molecular formula is C51H71N13O10S. The maximum atomic E-state index is 14.2. The number of carboxylic acid groups (broad SMARTS) is 1. The van der Waals surface area contributed by atoms with Gasteiger partial charge in [-0.25, -0.2) is 4.98 Å². The lowest BCUT2D eigenvalue weighted by molar-refractivity contribution is -0.142. The lowest BCUT2D eigenvalue weighted by Crippen LogP contribution is -2.59. The maximum absolute atomic E-state index is 14.2. The molecule has 1 unspecified atom stereocenters. The van der Waals surface area contributed by atoms with Gasteiger partial charge in [-0.2, -0.15) is 0 Å². The van der Waals surface area contributed by atoms with Crippen LogP contribution < -0.4 is 48.7 Å². The van der Waals surface area contributed by atoms with Crippen LogP contribution >= 0.6 is 11.8 Å². The Kier molecular flexibility index (Phi) is 22.2. The number of benzene rings is 2. The molecule has 0 saturated carbocycles. The van der Waals surface area contributed by atoms with E-state index in [1.165, 1.54) is 31.2 Å². The first-order valence-corrected chi connectivity index (χ1v) is 26.1. The van der Waals surface area contributed by atoms with Crippen molar-refractivity contribution in [1.29, 1.82) is 0 Å². The number of imidazole rings is 1. The predicted octanol–water partition coefficient (Wildman–Crippen LogP) is -0.282. The van der Waals surface area contributed by atoms with Crippen molar-refractivity contribution >= 4 is 75.9 Å². The van der Waals surface area contributed by atoms with E-state index < -0.39 is 114 Å². The molecule has 1 aliphatic heterocycles. The van der Waals surface area contributed by atoms with Crippen LogP contribution in [0.1, 0.15) is 70.7 Å². The fourth-order valence-electron chi connectivity index (χ4n) is 8.56. The normalized spacial score (nSPS) is 16.4. The number of thioether (sulfide) groups is 1. The third-order valence-corrected chi connectivity index (χ3v) is 13.6.